The molecule has 1 fully saturated rings. The average molecular weight is 372 g/mol. The molecule has 3 heterocycles. The topological polar surface area (TPSA) is 64.1 Å². The Bertz CT molecular complexity index is 968. The van der Waals surface area contributed by atoms with Crippen molar-refractivity contribution < 1.29 is 4.42 Å². The van der Waals surface area contributed by atoms with Crippen molar-refractivity contribution in [2.24, 2.45) is 5.73 Å². The first-order valence-corrected chi connectivity index (χ1v) is 9.50. The van der Waals surface area contributed by atoms with E-state index in [1.54, 1.807) is 17.4 Å². The summed E-state index contributed by atoms with van der Waals surface area (Å²) >= 11 is 7.96. The monoisotopic (exact) mass is 371 g/mol. The lowest BCUT2D eigenvalue weighted by Crippen LogP contribution is -2.37. The Morgan fingerprint density at radius 3 is 3.00 bits per heavy atom. The first-order valence-electron chi connectivity index (χ1n) is 8.25. The van der Waals surface area contributed by atoms with Crippen LogP contribution in [0.3, 0.4) is 0 Å². The van der Waals surface area contributed by atoms with Crippen LogP contribution >= 0.6 is 22.9 Å². The molecule has 0 bridgehead atoms. The zero-order valence-corrected chi connectivity index (χ0v) is 15.4. The van der Waals surface area contributed by atoms with Crippen molar-refractivity contribution in [1.29, 1.82) is 0 Å². The summed E-state index contributed by atoms with van der Waals surface area (Å²) in [4.78, 5) is 5.72. The molecule has 0 unspecified atom stereocenters. The molecule has 6 heteroatoms. The van der Waals surface area contributed by atoms with Crippen molar-refractivity contribution in [2.45, 2.75) is 38.3 Å². The largest absolute Gasteiger partial charge is 0.455 e. The summed E-state index contributed by atoms with van der Waals surface area (Å²) < 4.78 is 6.22. The molecule has 0 aromatic carbocycles. The molecule has 128 valence electrons. The van der Waals surface area contributed by atoms with E-state index in [2.05, 4.69) is 33.6 Å². The summed E-state index contributed by atoms with van der Waals surface area (Å²) in [7, 11) is 0. The molecule has 0 radical (unpaired) electrons. The Labute approximate surface area is 155 Å². The lowest BCUT2D eigenvalue weighted by molar-refractivity contribution is 0.302. The molecule has 3 aromatic heterocycles. The van der Waals surface area contributed by atoms with Gasteiger partial charge < -0.3 is 15.5 Å². The molecule has 2 atom stereocenters. The van der Waals surface area contributed by atoms with E-state index < -0.39 is 0 Å². The zero-order chi connectivity index (χ0) is 17.4. The van der Waals surface area contributed by atoms with Crippen LogP contribution in [0, 0.1) is 11.8 Å². The van der Waals surface area contributed by atoms with E-state index in [1.807, 2.05) is 13.0 Å². The van der Waals surface area contributed by atoms with Crippen molar-refractivity contribution in [3.05, 3.63) is 44.9 Å². The number of nitrogens with zero attached hydrogens (tertiary/aromatic N) is 1. The van der Waals surface area contributed by atoms with Crippen molar-refractivity contribution in [3.8, 4) is 11.8 Å². The molecule has 4 rings (SSSR count). The number of hydrogen-bond acceptors (Lipinski definition) is 5. The number of rotatable bonds is 4. The standard InChI is InChI=1S/C19H18ClN3OS/c1-2-4-13-17-19(24-18(13)12-6-7-14(12)21)15(9-16(20)23-17)22-10-11-5-3-8-25-11/h3,5,8-9,12,14H,6-7,10,21H2,1H3,(H,22,23)/t12-,14-/m0/s1. The molecular formula is C19H18ClN3OS. The smallest absolute Gasteiger partial charge is 0.177 e. The Morgan fingerprint density at radius 1 is 1.48 bits per heavy atom. The molecule has 3 aromatic rings. The fraction of sp³-hybridized carbons (Fsp3) is 0.316. The van der Waals surface area contributed by atoms with Crippen LogP contribution in [0.5, 0.6) is 0 Å². The van der Waals surface area contributed by atoms with Crippen molar-refractivity contribution in [2.75, 3.05) is 5.32 Å². The number of aromatic nitrogens is 1. The van der Waals surface area contributed by atoms with E-state index in [1.165, 1.54) is 4.88 Å². The van der Waals surface area contributed by atoms with Crippen LogP contribution in [0.15, 0.2) is 28.0 Å². The summed E-state index contributed by atoms with van der Waals surface area (Å²) in [5.41, 5.74) is 9.23. The van der Waals surface area contributed by atoms with E-state index >= 15 is 0 Å². The van der Waals surface area contributed by atoms with Gasteiger partial charge in [-0.05, 0) is 31.2 Å². The average Bonchev–Trinajstić information content (AvgIpc) is 3.21. The molecule has 0 spiro atoms. The third kappa shape index (κ3) is 3.02. The van der Waals surface area contributed by atoms with Gasteiger partial charge in [0.1, 0.15) is 16.4 Å². The van der Waals surface area contributed by atoms with Gasteiger partial charge in [0.05, 0.1) is 11.3 Å². The second-order valence-electron chi connectivity index (χ2n) is 6.17. The molecular weight excluding hydrogens is 354 g/mol. The van der Waals surface area contributed by atoms with Crippen molar-refractivity contribution in [1.82, 2.24) is 4.98 Å². The first kappa shape index (κ1) is 16.5. The Kier molecular flexibility index (Phi) is 4.43. The van der Waals surface area contributed by atoms with Crippen molar-refractivity contribution in [3.63, 3.8) is 0 Å². The highest BCUT2D eigenvalue weighted by atomic mass is 35.5. The number of thiophene rings is 1. The number of anilines is 1. The molecule has 1 aliphatic rings. The number of halogens is 1. The van der Waals surface area contributed by atoms with Gasteiger partial charge in [-0.3, -0.25) is 0 Å². The molecule has 1 saturated carbocycles. The second kappa shape index (κ2) is 6.72. The number of furan rings is 1. The third-order valence-electron chi connectivity index (χ3n) is 4.58. The van der Waals surface area contributed by atoms with E-state index in [4.69, 9.17) is 21.8 Å². The number of nitrogens with two attached hydrogens (primary N) is 1. The van der Waals surface area contributed by atoms with Crippen LogP contribution in [0.1, 0.15) is 41.9 Å². The Hall–Kier alpha value is -2.00. The van der Waals surface area contributed by atoms with Crippen LogP contribution in [-0.2, 0) is 6.54 Å². The lowest BCUT2D eigenvalue weighted by Gasteiger charge is -2.31. The SMILES string of the molecule is CC#Cc1c([C@H]2CC[C@@H]2N)oc2c(NCc3cccs3)cc(Cl)nc12. The van der Waals surface area contributed by atoms with E-state index in [-0.39, 0.29) is 12.0 Å². The highest BCUT2D eigenvalue weighted by Crippen LogP contribution is 2.42. The van der Waals surface area contributed by atoms with Crippen LogP contribution in [-0.4, -0.2) is 11.0 Å². The Morgan fingerprint density at radius 2 is 2.36 bits per heavy atom. The summed E-state index contributed by atoms with van der Waals surface area (Å²) in [6.07, 6.45) is 2.03. The maximum Gasteiger partial charge on any atom is 0.177 e. The van der Waals surface area contributed by atoms with Crippen LogP contribution in [0.2, 0.25) is 5.15 Å². The predicted molar refractivity (Wildman–Crippen MR) is 103 cm³/mol. The quantitative estimate of drug-likeness (QED) is 0.514. The minimum absolute atomic E-state index is 0.121. The summed E-state index contributed by atoms with van der Waals surface area (Å²) in [6.45, 7) is 2.52. The van der Waals surface area contributed by atoms with Gasteiger partial charge in [-0.25, -0.2) is 4.98 Å². The normalized spacial score (nSPS) is 19.3. The molecule has 0 aliphatic heterocycles. The Balaban J connectivity index is 1.80. The van der Waals surface area contributed by atoms with Crippen molar-refractivity contribution >= 4 is 39.7 Å². The summed E-state index contributed by atoms with van der Waals surface area (Å²) in [6, 6.07) is 6.05. The van der Waals surface area contributed by atoms with Gasteiger partial charge in [0.15, 0.2) is 5.58 Å². The third-order valence-corrected chi connectivity index (χ3v) is 5.65. The van der Waals surface area contributed by atoms with Gasteiger partial charge >= 0.3 is 0 Å². The second-order valence-corrected chi connectivity index (χ2v) is 7.59. The fourth-order valence-electron chi connectivity index (χ4n) is 3.14. The highest BCUT2D eigenvalue weighted by Gasteiger charge is 2.35. The number of nitrogens with one attached hydrogen (secondary N) is 1. The van der Waals surface area contributed by atoms with E-state index in [0.717, 1.165) is 29.9 Å². The zero-order valence-electron chi connectivity index (χ0n) is 13.8. The van der Waals surface area contributed by atoms with Gasteiger partial charge in [0, 0.05) is 29.4 Å². The fourth-order valence-corrected chi connectivity index (χ4v) is 3.98. The maximum atomic E-state index is 6.26. The maximum absolute atomic E-state index is 6.26. The van der Waals surface area contributed by atoms with E-state index in [0.29, 0.717) is 22.8 Å². The molecule has 4 nitrogen and oxygen atoms in total. The highest BCUT2D eigenvalue weighted by molar-refractivity contribution is 7.09. The molecule has 0 amide bonds. The van der Waals surface area contributed by atoms with Gasteiger partial charge in [-0.2, -0.15) is 0 Å². The van der Waals surface area contributed by atoms with Gasteiger partial charge in [0.2, 0.25) is 0 Å². The van der Waals surface area contributed by atoms with Gasteiger partial charge in [-0.1, -0.05) is 23.6 Å². The minimum Gasteiger partial charge on any atom is -0.455 e. The van der Waals surface area contributed by atoms with Gasteiger partial charge in [0.25, 0.3) is 0 Å². The lowest BCUT2D eigenvalue weighted by atomic mass is 9.77. The first-order chi connectivity index (χ1) is 12.2. The molecule has 0 saturated heterocycles. The van der Waals surface area contributed by atoms with Gasteiger partial charge in [-0.15, -0.1) is 17.3 Å². The predicted octanol–water partition coefficient (Wildman–Crippen LogP) is 4.73. The van der Waals surface area contributed by atoms with E-state index in [9.17, 15) is 0 Å². The van der Waals surface area contributed by atoms with Crippen LogP contribution in [0.4, 0.5) is 5.69 Å². The number of fused-ring (bicyclic) bond motifs is 1. The van der Waals surface area contributed by atoms with Crippen LogP contribution < -0.4 is 11.1 Å². The molecule has 25 heavy (non-hydrogen) atoms. The van der Waals surface area contributed by atoms with Crippen LogP contribution in [0.25, 0.3) is 11.1 Å². The minimum atomic E-state index is 0.121. The molecule has 1 aliphatic carbocycles. The summed E-state index contributed by atoms with van der Waals surface area (Å²) in [5, 5.41) is 5.89. The number of hydrogen-bond donors (Lipinski definition) is 2. The summed E-state index contributed by atoms with van der Waals surface area (Å²) in [5.74, 6) is 7.16. The molecule has 3 N–H and O–H groups in total. The number of pyridine rings is 1.